The normalized spacial score (nSPS) is 20.4. The lowest BCUT2D eigenvalue weighted by atomic mass is 10.2. The number of rotatable bonds is 3. The van der Waals surface area contributed by atoms with E-state index in [1.807, 2.05) is 30.3 Å². The number of aliphatic hydroxyl groups is 1. The van der Waals surface area contributed by atoms with E-state index in [9.17, 15) is 9.90 Å². The molecule has 2 rings (SSSR count). The van der Waals surface area contributed by atoms with Crippen LogP contribution in [0.25, 0.3) is 0 Å². The lowest BCUT2D eigenvalue weighted by Gasteiger charge is -2.32. The molecule has 2 atom stereocenters. The van der Waals surface area contributed by atoms with Gasteiger partial charge >= 0.3 is 6.03 Å². The molecule has 5 nitrogen and oxygen atoms in total. The summed E-state index contributed by atoms with van der Waals surface area (Å²) >= 11 is 0. The molecular formula is C14H21N3O2. The predicted molar refractivity (Wildman–Crippen MR) is 75.0 cm³/mol. The molecule has 0 saturated carbocycles. The molecule has 1 heterocycles. The third kappa shape index (κ3) is 2.88. The molecule has 0 aromatic heterocycles. The Kier molecular flexibility index (Phi) is 4.39. The zero-order valence-electron chi connectivity index (χ0n) is 11.4. The van der Waals surface area contributed by atoms with E-state index in [-0.39, 0.29) is 12.1 Å². The van der Waals surface area contributed by atoms with Crippen LogP contribution in [0.1, 0.15) is 12.8 Å². The van der Waals surface area contributed by atoms with Gasteiger partial charge in [0.1, 0.15) is 6.23 Å². The molecular weight excluding hydrogens is 242 g/mol. The predicted octanol–water partition coefficient (Wildman–Crippen LogP) is 1.24. The van der Waals surface area contributed by atoms with Crippen molar-refractivity contribution in [3.05, 3.63) is 30.3 Å². The monoisotopic (exact) mass is 263 g/mol. The minimum atomic E-state index is -0.671. The summed E-state index contributed by atoms with van der Waals surface area (Å²) in [7, 11) is 3.46. The number of hydrogen-bond acceptors (Lipinski definition) is 3. The number of carbonyl (C=O) groups excluding carboxylic acids is 1. The smallest absolute Gasteiger partial charge is 0.324 e. The van der Waals surface area contributed by atoms with Gasteiger partial charge in [0, 0.05) is 19.3 Å². The van der Waals surface area contributed by atoms with Crippen LogP contribution in [0.2, 0.25) is 0 Å². The first kappa shape index (κ1) is 13.8. The van der Waals surface area contributed by atoms with Crippen molar-refractivity contribution in [3.8, 4) is 0 Å². The van der Waals surface area contributed by atoms with Crippen molar-refractivity contribution < 1.29 is 9.90 Å². The third-order valence-corrected chi connectivity index (χ3v) is 3.64. The van der Waals surface area contributed by atoms with Crippen molar-refractivity contribution in [2.45, 2.75) is 25.1 Å². The maximum absolute atomic E-state index is 12.5. The van der Waals surface area contributed by atoms with E-state index < -0.39 is 6.23 Å². The maximum Gasteiger partial charge on any atom is 0.324 e. The summed E-state index contributed by atoms with van der Waals surface area (Å²) < 4.78 is 0. The van der Waals surface area contributed by atoms with Crippen LogP contribution >= 0.6 is 0 Å². The second-order valence-corrected chi connectivity index (χ2v) is 4.81. The van der Waals surface area contributed by atoms with Crippen LogP contribution in [0.4, 0.5) is 10.5 Å². The Labute approximate surface area is 113 Å². The van der Waals surface area contributed by atoms with Crippen molar-refractivity contribution in [3.63, 3.8) is 0 Å². The highest BCUT2D eigenvalue weighted by atomic mass is 16.3. The number of carbonyl (C=O) groups is 1. The number of para-hydroxylation sites is 1. The third-order valence-electron chi connectivity index (χ3n) is 3.64. The highest BCUT2D eigenvalue weighted by molar-refractivity contribution is 5.91. The summed E-state index contributed by atoms with van der Waals surface area (Å²) in [6, 6.07) is 9.32. The molecule has 1 aliphatic heterocycles. The van der Waals surface area contributed by atoms with E-state index >= 15 is 0 Å². The van der Waals surface area contributed by atoms with Crippen LogP contribution in [0, 0.1) is 0 Å². The second kappa shape index (κ2) is 6.04. The molecule has 1 saturated heterocycles. The Morgan fingerprint density at radius 1 is 1.47 bits per heavy atom. The first-order chi connectivity index (χ1) is 9.15. The van der Waals surface area contributed by atoms with E-state index in [4.69, 9.17) is 0 Å². The number of benzene rings is 1. The Balaban J connectivity index is 2.10. The van der Waals surface area contributed by atoms with Crippen molar-refractivity contribution in [1.29, 1.82) is 0 Å². The van der Waals surface area contributed by atoms with E-state index in [1.54, 1.807) is 23.9 Å². The van der Waals surface area contributed by atoms with Gasteiger partial charge in [-0.05, 0) is 32.0 Å². The van der Waals surface area contributed by atoms with Crippen molar-refractivity contribution in [2.75, 3.05) is 25.5 Å². The minimum absolute atomic E-state index is 0.0667. The van der Waals surface area contributed by atoms with Gasteiger partial charge in [-0.2, -0.15) is 0 Å². The quantitative estimate of drug-likeness (QED) is 0.807. The summed E-state index contributed by atoms with van der Waals surface area (Å²) in [6.07, 6.45) is 1.09. The van der Waals surface area contributed by atoms with Gasteiger partial charge in [-0.15, -0.1) is 0 Å². The summed E-state index contributed by atoms with van der Waals surface area (Å²) in [5, 5.41) is 12.7. The zero-order valence-corrected chi connectivity index (χ0v) is 11.4. The number of aliphatic hydroxyl groups excluding tert-OH is 1. The average Bonchev–Trinajstić information content (AvgIpc) is 2.95. The largest absolute Gasteiger partial charge is 0.376 e. The van der Waals surface area contributed by atoms with Crippen molar-refractivity contribution >= 4 is 11.7 Å². The van der Waals surface area contributed by atoms with Crippen molar-refractivity contribution in [2.24, 2.45) is 0 Å². The van der Waals surface area contributed by atoms with Gasteiger partial charge in [0.25, 0.3) is 0 Å². The van der Waals surface area contributed by atoms with Gasteiger partial charge in [0.15, 0.2) is 0 Å². The van der Waals surface area contributed by atoms with Crippen LogP contribution in [0.3, 0.4) is 0 Å². The van der Waals surface area contributed by atoms with Gasteiger partial charge in [-0.3, -0.25) is 10.2 Å². The standard InChI is InChI=1S/C14H21N3O2/c1-15-13(18)12-9-6-10-17(12)14(19)16(2)11-7-4-3-5-8-11/h3-5,7-8,12-13,15,18H,6,9-10H2,1-2H3/t12-,13?/m0/s1. The van der Waals surface area contributed by atoms with Crippen LogP contribution in [0.15, 0.2) is 30.3 Å². The molecule has 1 fully saturated rings. The van der Waals surface area contributed by atoms with Crippen molar-refractivity contribution in [1.82, 2.24) is 10.2 Å². The highest BCUT2D eigenvalue weighted by Crippen LogP contribution is 2.23. The highest BCUT2D eigenvalue weighted by Gasteiger charge is 2.34. The number of likely N-dealkylation sites (N-methyl/N-ethyl adjacent to an activating group) is 1. The number of nitrogens with zero attached hydrogens (tertiary/aromatic N) is 2. The lowest BCUT2D eigenvalue weighted by Crippen LogP contribution is -2.51. The molecule has 19 heavy (non-hydrogen) atoms. The fourth-order valence-electron chi connectivity index (χ4n) is 2.51. The Morgan fingerprint density at radius 2 is 2.16 bits per heavy atom. The number of amides is 2. The number of anilines is 1. The zero-order chi connectivity index (χ0) is 13.8. The second-order valence-electron chi connectivity index (χ2n) is 4.81. The molecule has 1 aliphatic rings. The molecule has 0 bridgehead atoms. The SMILES string of the molecule is CNC(O)[C@@H]1CCCN1C(=O)N(C)c1ccccc1. The number of nitrogens with one attached hydrogen (secondary N) is 1. The molecule has 104 valence electrons. The number of urea groups is 1. The van der Waals surface area contributed by atoms with E-state index in [0.717, 1.165) is 18.5 Å². The summed E-state index contributed by atoms with van der Waals surface area (Å²) in [6.45, 7) is 0.694. The summed E-state index contributed by atoms with van der Waals surface area (Å²) in [5.74, 6) is 0. The molecule has 5 heteroatoms. The van der Waals surface area contributed by atoms with Gasteiger partial charge in [-0.1, -0.05) is 18.2 Å². The van der Waals surface area contributed by atoms with Crippen LogP contribution in [-0.4, -0.2) is 48.9 Å². The van der Waals surface area contributed by atoms with E-state index in [1.165, 1.54) is 0 Å². The first-order valence-electron chi connectivity index (χ1n) is 6.60. The maximum atomic E-state index is 12.5. The Bertz CT molecular complexity index is 424. The number of hydrogen-bond donors (Lipinski definition) is 2. The van der Waals surface area contributed by atoms with E-state index in [2.05, 4.69) is 5.32 Å². The van der Waals surface area contributed by atoms with E-state index in [0.29, 0.717) is 6.54 Å². The Hall–Kier alpha value is -1.59. The van der Waals surface area contributed by atoms with Crippen LogP contribution in [0.5, 0.6) is 0 Å². The van der Waals surface area contributed by atoms with Crippen LogP contribution in [-0.2, 0) is 0 Å². The molecule has 0 spiro atoms. The molecule has 2 amide bonds. The fraction of sp³-hybridized carbons (Fsp3) is 0.500. The Morgan fingerprint density at radius 3 is 2.79 bits per heavy atom. The molecule has 0 radical (unpaired) electrons. The minimum Gasteiger partial charge on any atom is -0.376 e. The fourth-order valence-corrected chi connectivity index (χ4v) is 2.51. The summed E-state index contributed by atoms with van der Waals surface area (Å²) in [5.41, 5.74) is 0.858. The van der Waals surface area contributed by atoms with Gasteiger partial charge in [0.2, 0.25) is 0 Å². The molecule has 2 N–H and O–H groups in total. The van der Waals surface area contributed by atoms with Crippen LogP contribution < -0.4 is 10.2 Å². The molecule has 1 aromatic rings. The first-order valence-corrected chi connectivity index (χ1v) is 6.60. The average molecular weight is 263 g/mol. The van der Waals surface area contributed by atoms with Gasteiger partial charge in [0.05, 0.1) is 6.04 Å². The topological polar surface area (TPSA) is 55.8 Å². The van der Waals surface area contributed by atoms with Gasteiger partial charge < -0.3 is 10.0 Å². The molecule has 1 aromatic carbocycles. The molecule has 0 aliphatic carbocycles. The number of likely N-dealkylation sites (tertiary alicyclic amines) is 1. The molecule has 1 unspecified atom stereocenters. The van der Waals surface area contributed by atoms with Gasteiger partial charge in [-0.25, -0.2) is 4.79 Å². The lowest BCUT2D eigenvalue weighted by molar-refractivity contribution is 0.0676. The summed E-state index contributed by atoms with van der Waals surface area (Å²) in [4.78, 5) is 15.9.